The highest BCUT2D eigenvalue weighted by molar-refractivity contribution is 6.05. The summed E-state index contributed by atoms with van der Waals surface area (Å²) in [4.78, 5) is 36.3. The van der Waals surface area contributed by atoms with Crippen molar-refractivity contribution < 1.29 is 14.0 Å². The Morgan fingerprint density at radius 2 is 1.63 bits per heavy atom. The second kappa shape index (κ2) is 8.44. The molecule has 4 aromatic rings. The molecule has 0 bridgehead atoms. The predicted octanol–water partition coefficient (Wildman–Crippen LogP) is 2.58. The minimum Gasteiger partial charge on any atom is -0.461 e. The van der Waals surface area contributed by atoms with Crippen molar-refractivity contribution in [1.82, 2.24) is 21.0 Å². The molecule has 0 spiro atoms. The summed E-state index contributed by atoms with van der Waals surface area (Å²) in [5.41, 5.74) is 5.27. The Bertz CT molecular complexity index is 1260. The van der Waals surface area contributed by atoms with E-state index < -0.39 is 5.91 Å². The van der Waals surface area contributed by atoms with Crippen molar-refractivity contribution in [1.29, 1.82) is 0 Å². The van der Waals surface area contributed by atoms with Crippen molar-refractivity contribution in [2.45, 2.75) is 12.8 Å². The van der Waals surface area contributed by atoms with E-state index in [-0.39, 0.29) is 23.6 Å². The van der Waals surface area contributed by atoms with Crippen molar-refractivity contribution in [3.63, 3.8) is 0 Å². The molecule has 0 radical (unpaired) electrons. The van der Waals surface area contributed by atoms with Gasteiger partial charge in [0, 0.05) is 23.8 Å². The average molecular weight is 402 g/mol. The van der Waals surface area contributed by atoms with Crippen molar-refractivity contribution in [3.8, 4) is 11.3 Å². The van der Waals surface area contributed by atoms with Crippen LogP contribution in [0, 0.1) is 0 Å². The molecule has 0 aliphatic heterocycles. The third kappa shape index (κ3) is 4.12. The van der Waals surface area contributed by atoms with Crippen LogP contribution in [0.1, 0.15) is 22.7 Å². The fourth-order valence-electron chi connectivity index (χ4n) is 3.04. The molecule has 150 valence electrons. The monoisotopic (exact) mass is 402 g/mol. The number of fused-ring (bicyclic) bond motifs is 1. The molecule has 0 saturated carbocycles. The largest absolute Gasteiger partial charge is 0.461 e. The van der Waals surface area contributed by atoms with E-state index in [0.717, 1.165) is 11.3 Å². The smallest absolute Gasteiger partial charge is 0.290 e. The lowest BCUT2D eigenvalue weighted by Gasteiger charge is -2.08. The van der Waals surface area contributed by atoms with E-state index in [2.05, 4.69) is 21.0 Å². The van der Waals surface area contributed by atoms with Gasteiger partial charge in [-0.3, -0.25) is 25.2 Å². The summed E-state index contributed by atoms with van der Waals surface area (Å²) in [5, 5.41) is 6.82. The molecule has 4 rings (SSSR count). The fraction of sp³-hybridized carbons (Fsp3) is 0.0909. The van der Waals surface area contributed by atoms with Crippen LogP contribution < -0.4 is 16.4 Å². The summed E-state index contributed by atoms with van der Waals surface area (Å²) < 4.78 is 5.76. The number of amides is 2. The molecular weight excluding hydrogens is 384 g/mol. The standard InChI is InChI=1S/C22H18N4O4/c27-19(13-11-15-10-12-18(30-15)14-6-2-1-3-7-14)23-26-22(29)20-16-8-4-5-9-17(16)21(28)25-24-20/h1-10,12H,11,13H2,(H,23,27)(H,25,28)(H,26,29). The van der Waals surface area contributed by atoms with Crippen molar-refractivity contribution >= 4 is 22.6 Å². The number of hydrazine groups is 1. The van der Waals surface area contributed by atoms with Gasteiger partial charge in [0.2, 0.25) is 5.91 Å². The molecule has 2 aromatic heterocycles. The Kier molecular flexibility index (Phi) is 5.38. The van der Waals surface area contributed by atoms with E-state index in [9.17, 15) is 14.4 Å². The number of aryl methyl sites for hydroxylation is 1. The maximum Gasteiger partial charge on any atom is 0.290 e. The van der Waals surface area contributed by atoms with Gasteiger partial charge in [0.25, 0.3) is 11.5 Å². The Hall–Kier alpha value is -4.20. The summed E-state index contributed by atoms with van der Waals surface area (Å²) in [6.07, 6.45) is 0.510. The van der Waals surface area contributed by atoms with E-state index in [0.29, 0.717) is 23.0 Å². The van der Waals surface area contributed by atoms with Crippen LogP contribution in [0.5, 0.6) is 0 Å². The normalized spacial score (nSPS) is 10.7. The highest BCUT2D eigenvalue weighted by Crippen LogP contribution is 2.22. The van der Waals surface area contributed by atoms with Gasteiger partial charge in [0.1, 0.15) is 11.5 Å². The number of benzene rings is 2. The van der Waals surface area contributed by atoms with Crippen LogP contribution >= 0.6 is 0 Å². The third-order valence-corrected chi connectivity index (χ3v) is 4.55. The number of aromatic amines is 1. The highest BCUT2D eigenvalue weighted by atomic mass is 16.3. The van der Waals surface area contributed by atoms with Gasteiger partial charge in [0.15, 0.2) is 5.69 Å². The van der Waals surface area contributed by atoms with Crippen LogP contribution in [0.2, 0.25) is 0 Å². The molecule has 0 atom stereocenters. The molecule has 2 heterocycles. The highest BCUT2D eigenvalue weighted by Gasteiger charge is 2.15. The first kappa shape index (κ1) is 19.1. The summed E-state index contributed by atoms with van der Waals surface area (Å²) in [5.74, 6) is 0.397. The fourth-order valence-corrected chi connectivity index (χ4v) is 3.04. The minimum absolute atomic E-state index is 0.0176. The molecule has 2 amide bonds. The topological polar surface area (TPSA) is 117 Å². The lowest BCUT2D eigenvalue weighted by molar-refractivity contribution is -0.121. The second-order valence-corrected chi connectivity index (χ2v) is 6.58. The minimum atomic E-state index is -0.625. The number of carbonyl (C=O) groups is 2. The van der Waals surface area contributed by atoms with Crippen molar-refractivity contribution in [3.05, 3.63) is 88.5 Å². The molecule has 8 heteroatoms. The van der Waals surface area contributed by atoms with Crippen LogP contribution in [0.25, 0.3) is 22.1 Å². The molecule has 0 unspecified atom stereocenters. The average Bonchev–Trinajstić information content (AvgIpc) is 3.26. The lowest BCUT2D eigenvalue weighted by Crippen LogP contribution is -2.42. The van der Waals surface area contributed by atoms with Gasteiger partial charge in [0.05, 0.1) is 5.39 Å². The number of nitrogens with zero attached hydrogens (tertiary/aromatic N) is 1. The van der Waals surface area contributed by atoms with E-state index in [1.54, 1.807) is 24.3 Å². The first-order valence-corrected chi connectivity index (χ1v) is 9.32. The Balaban J connectivity index is 1.33. The van der Waals surface area contributed by atoms with Crippen LogP contribution in [-0.2, 0) is 11.2 Å². The molecule has 30 heavy (non-hydrogen) atoms. The molecule has 0 aliphatic rings. The van der Waals surface area contributed by atoms with Gasteiger partial charge in [-0.2, -0.15) is 5.10 Å². The van der Waals surface area contributed by atoms with Crippen LogP contribution in [-0.4, -0.2) is 22.0 Å². The van der Waals surface area contributed by atoms with Crippen molar-refractivity contribution in [2.75, 3.05) is 0 Å². The summed E-state index contributed by atoms with van der Waals surface area (Å²) in [7, 11) is 0. The van der Waals surface area contributed by atoms with E-state index in [4.69, 9.17) is 4.42 Å². The molecule has 8 nitrogen and oxygen atoms in total. The maximum absolute atomic E-state index is 12.4. The second-order valence-electron chi connectivity index (χ2n) is 6.58. The first-order valence-electron chi connectivity index (χ1n) is 9.32. The van der Waals surface area contributed by atoms with Gasteiger partial charge in [-0.25, -0.2) is 5.10 Å². The Labute approximate surface area is 170 Å². The summed E-state index contributed by atoms with van der Waals surface area (Å²) in [6, 6.07) is 20.0. The quantitative estimate of drug-likeness (QED) is 0.444. The van der Waals surface area contributed by atoms with E-state index in [1.165, 1.54) is 0 Å². The van der Waals surface area contributed by atoms with Gasteiger partial charge in [-0.15, -0.1) is 0 Å². The molecular formula is C22H18N4O4. The zero-order valence-electron chi connectivity index (χ0n) is 15.8. The lowest BCUT2D eigenvalue weighted by atomic mass is 10.1. The number of hydrogen-bond donors (Lipinski definition) is 3. The zero-order chi connectivity index (χ0) is 20.9. The molecule has 2 aromatic carbocycles. The van der Waals surface area contributed by atoms with Gasteiger partial charge < -0.3 is 4.42 Å². The number of aromatic nitrogens is 2. The molecule has 0 saturated heterocycles. The Morgan fingerprint density at radius 3 is 2.43 bits per heavy atom. The third-order valence-electron chi connectivity index (χ3n) is 4.55. The number of nitrogens with one attached hydrogen (secondary N) is 3. The summed E-state index contributed by atoms with van der Waals surface area (Å²) >= 11 is 0. The number of rotatable bonds is 5. The van der Waals surface area contributed by atoms with E-state index in [1.807, 2.05) is 42.5 Å². The SMILES string of the molecule is O=C(CCc1ccc(-c2ccccc2)o1)NNC(=O)c1n[nH]c(=O)c2ccccc12. The Morgan fingerprint density at radius 1 is 0.900 bits per heavy atom. The molecule has 0 aliphatic carbocycles. The molecule has 0 fully saturated rings. The number of hydrogen-bond acceptors (Lipinski definition) is 5. The van der Waals surface area contributed by atoms with Crippen LogP contribution in [0.15, 0.2) is 75.9 Å². The van der Waals surface area contributed by atoms with Gasteiger partial charge >= 0.3 is 0 Å². The predicted molar refractivity (Wildman–Crippen MR) is 110 cm³/mol. The number of furan rings is 1. The van der Waals surface area contributed by atoms with Crippen molar-refractivity contribution in [2.24, 2.45) is 0 Å². The first-order chi connectivity index (χ1) is 14.6. The number of carbonyl (C=O) groups excluding carboxylic acids is 2. The van der Waals surface area contributed by atoms with Crippen LogP contribution in [0.3, 0.4) is 0 Å². The van der Waals surface area contributed by atoms with Gasteiger partial charge in [-0.1, -0.05) is 48.5 Å². The van der Waals surface area contributed by atoms with Gasteiger partial charge in [-0.05, 0) is 18.2 Å². The molecule has 3 N–H and O–H groups in total. The zero-order valence-corrected chi connectivity index (χ0v) is 15.8. The maximum atomic E-state index is 12.4. The van der Waals surface area contributed by atoms with Crippen LogP contribution in [0.4, 0.5) is 0 Å². The number of H-pyrrole nitrogens is 1. The summed E-state index contributed by atoms with van der Waals surface area (Å²) in [6.45, 7) is 0. The van der Waals surface area contributed by atoms with E-state index >= 15 is 0 Å².